The lowest BCUT2D eigenvalue weighted by atomic mass is 9.77. The Morgan fingerprint density at radius 2 is 1.32 bits per heavy atom. The second kappa shape index (κ2) is 14.1. The number of methoxy groups -OCH3 is 1. The zero-order valence-electron chi connectivity index (χ0n) is 28.2. The highest BCUT2D eigenvalue weighted by atomic mass is 19.1. The molecule has 6 rings (SSSR count). The first-order valence-corrected chi connectivity index (χ1v) is 16.1. The average molecular weight is 669 g/mol. The maximum atomic E-state index is 14.2. The highest BCUT2D eigenvalue weighted by molar-refractivity contribution is 6.06. The quantitative estimate of drug-likeness (QED) is 0.126. The molecule has 6 aromatic rings. The number of ether oxygens (including phenoxy) is 2. The summed E-state index contributed by atoms with van der Waals surface area (Å²) in [6.07, 6.45) is 2.74. The summed E-state index contributed by atoms with van der Waals surface area (Å²) in [5, 5.41) is 5.83. The predicted octanol–water partition coefficient (Wildman–Crippen LogP) is 8.36. The first-order chi connectivity index (χ1) is 24.1. The third-order valence-corrected chi connectivity index (χ3v) is 8.13. The number of hydrogen-bond acceptors (Lipinski definition) is 5. The van der Waals surface area contributed by atoms with Crippen LogP contribution in [0.15, 0.2) is 127 Å². The van der Waals surface area contributed by atoms with Gasteiger partial charge in [-0.15, -0.1) is 0 Å². The number of hydrogen-bond donors (Lipinski definition) is 2. The maximum absolute atomic E-state index is 14.2. The van der Waals surface area contributed by atoms with Crippen molar-refractivity contribution in [1.82, 2.24) is 20.6 Å². The van der Waals surface area contributed by atoms with Crippen molar-refractivity contribution in [2.24, 2.45) is 0 Å². The molecule has 8 nitrogen and oxygen atoms in total. The van der Waals surface area contributed by atoms with Crippen LogP contribution in [0.25, 0.3) is 23.1 Å². The van der Waals surface area contributed by atoms with Gasteiger partial charge in [0, 0.05) is 0 Å². The van der Waals surface area contributed by atoms with Gasteiger partial charge in [-0.2, -0.15) is 5.10 Å². The Hall–Kier alpha value is -6.22. The second-order valence-electron chi connectivity index (χ2n) is 12.6. The van der Waals surface area contributed by atoms with Gasteiger partial charge >= 0.3 is 6.09 Å². The van der Waals surface area contributed by atoms with E-state index in [9.17, 15) is 14.0 Å². The van der Waals surface area contributed by atoms with Gasteiger partial charge in [0.2, 0.25) is 0 Å². The number of amides is 2. The number of fused-ring (bicyclic) bond motifs is 1. The van der Waals surface area contributed by atoms with Crippen molar-refractivity contribution in [1.29, 1.82) is 0 Å². The maximum Gasteiger partial charge on any atom is 0.426 e. The van der Waals surface area contributed by atoms with E-state index in [2.05, 4.69) is 47.2 Å². The van der Waals surface area contributed by atoms with Gasteiger partial charge in [-0.3, -0.25) is 10.2 Å². The fraction of sp³-hybridized carbons (Fsp3) is 0.146. The van der Waals surface area contributed by atoms with E-state index in [1.807, 2.05) is 65.3 Å². The molecule has 0 fully saturated rings. The third-order valence-electron chi connectivity index (χ3n) is 8.13. The lowest BCUT2D eigenvalue weighted by Gasteiger charge is -2.37. The summed E-state index contributed by atoms with van der Waals surface area (Å²) in [7, 11) is 1.48. The molecule has 0 saturated heterocycles. The predicted molar refractivity (Wildman–Crippen MR) is 193 cm³/mol. The molecule has 0 aliphatic heterocycles. The molecule has 9 heteroatoms. The van der Waals surface area contributed by atoms with Crippen molar-refractivity contribution >= 4 is 35.1 Å². The second-order valence-corrected chi connectivity index (χ2v) is 12.6. The molecule has 0 unspecified atom stereocenters. The molecule has 0 radical (unpaired) electrons. The van der Waals surface area contributed by atoms with Crippen molar-refractivity contribution < 1.29 is 23.5 Å². The largest absolute Gasteiger partial charge is 0.495 e. The van der Waals surface area contributed by atoms with E-state index in [0.29, 0.717) is 22.2 Å². The lowest BCUT2D eigenvalue weighted by molar-refractivity contribution is 0.0483. The van der Waals surface area contributed by atoms with Crippen LogP contribution in [0.3, 0.4) is 0 Å². The number of rotatable bonds is 8. The number of nitrogens with one attached hydrogen (secondary N) is 2. The van der Waals surface area contributed by atoms with Crippen LogP contribution in [0.1, 0.15) is 59.1 Å². The van der Waals surface area contributed by atoms with E-state index in [4.69, 9.17) is 14.6 Å². The highest BCUT2D eigenvalue weighted by Crippen LogP contribution is 2.45. The Bertz CT molecular complexity index is 2060. The molecular formula is C41H37FN4O4. The number of halogens is 1. The number of benzene rings is 5. The van der Waals surface area contributed by atoms with E-state index in [1.54, 1.807) is 51.1 Å². The fourth-order valence-electron chi connectivity index (χ4n) is 6.14. The molecule has 0 atom stereocenters. The molecule has 0 spiro atoms. The molecule has 252 valence electrons. The smallest absolute Gasteiger partial charge is 0.426 e. The number of nitrogens with zero attached hydrogens (tertiary/aromatic N) is 2. The molecule has 2 N–H and O–H groups in total. The minimum Gasteiger partial charge on any atom is -0.495 e. The minimum atomic E-state index is -0.986. The van der Waals surface area contributed by atoms with Crippen molar-refractivity contribution in [2.45, 2.75) is 31.9 Å². The first-order valence-electron chi connectivity index (χ1n) is 16.1. The molecule has 50 heavy (non-hydrogen) atoms. The third kappa shape index (κ3) is 6.71. The SMILES string of the molecule is COc1c(C(=O)NNC(=O)OC(C)(C)C)ccc2c1c(C=Cc1cccc(F)c1)nn2C(c1ccccc1)(c1ccccc1)c1ccccc1. The van der Waals surface area contributed by atoms with Crippen LogP contribution in [0.2, 0.25) is 0 Å². The van der Waals surface area contributed by atoms with Gasteiger partial charge in [0.25, 0.3) is 5.91 Å². The summed E-state index contributed by atoms with van der Waals surface area (Å²) in [4.78, 5) is 25.9. The zero-order chi connectivity index (χ0) is 35.3. The summed E-state index contributed by atoms with van der Waals surface area (Å²) in [5.41, 5.74) is 7.76. The van der Waals surface area contributed by atoms with Gasteiger partial charge in [0.05, 0.1) is 29.3 Å². The molecule has 1 aromatic heterocycles. The molecule has 5 aromatic carbocycles. The van der Waals surface area contributed by atoms with Crippen LogP contribution < -0.4 is 15.6 Å². The van der Waals surface area contributed by atoms with Crippen LogP contribution >= 0.6 is 0 Å². The summed E-state index contributed by atoms with van der Waals surface area (Å²) in [5.74, 6) is -0.755. The van der Waals surface area contributed by atoms with Gasteiger partial charge in [0.15, 0.2) is 0 Å². The average Bonchev–Trinajstić information content (AvgIpc) is 3.49. The fourth-order valence-corrected chi connectivity index (χ4v) is 6.14. The van der Waals surface area contributed by atoms with E-state index in [0.717, 1.165) is 16.7 Å². The van der Waals surface area contributed by atoms with Crippen LogP contribution in [0.4, 0.5) is 9.18 Å². The van der Waals surface area contributed by atoms with Crippen LogP contribution in [-0.4, -0.2) is 34.5 Å². The monoisotopic (exact) mass is 668 g/mol. The van der Waals surface area contributed by atoms with E-state index >= 15 is 0 Å². The number of hydrazine groups is 1. The van der Waals surface area contributed by atoms with Crippen molar-refractivity contribution in [3.63, 3.8) is 0 Å². The Labute approximate surface area is 290 Å². The van der Waals surface area contributed by atoms with Crippen LogP contribution in [0, 0.1) is 5.82 Å². The minimum absolute atomic E-state index is 0.153. The lowest BCUT2D eigenvalue weighted by Crippen LogP contribution is -2.44. The highest BCUT2D eigenvalue weighted by Gasteiger charge is 2.41. The molecular weight excluding hydrogens is 631 g/mol. The van der Waals surface area contributed by atoms with Gasteiger partial charge < -0.3 is 9.47 Å². The number of carbonyl (C=O) groups is 2. The van der Waals surface area contributed by atoms with Gasteiger partial charge in [-0.05, 0) is 73.4 Å². The Morgan fingerprint density at radius 1 is 0.740 bits per heavy atom. The Balaban J connectivity index is 1.63. The standard InChI is InChI=1S/C41H37FN4O4/c1-40(2,3)50-39(48)44-43-38(47)33-24-26-35-36(37(33)49-4)34(25-23-28-15-14-22-32(42)27-28)45-46(35)41(29-16-8-5-9-17-29,30-18-10-6-11-19-30)31-20-12-7-13-21-31/h5-27H,1-4H3,(H,43,47)(H,44,48). The topological polar surface area (TPSA) is 94.5 Å². The molecule has 0 saturated carbocycles. The van der Waals surface area contributed by atoms with Gasteiger partial charge in [0.1, 0.15) is 22.7 Å². The summed E-state index contributed by atoms with van der Waals surface area (Å²) < 4.78 is 27.4. The van der Waals surface area contributed by atoms with Gasteiger partial charge in [-0.1, -0.05) is 109 Å². The zero-order valence-corrected chi connectivity index (χ0v) is 28.2. The van der Waals surface area contributed by atoms with Crippen molar-refractivity contribution in [3.8, 4) is 5.75 Å². The molecule has 0 bridgehead atoms. The van der Waals surface area contributed by atoms with Crippen molar-refractivity contribution in [2.75, 3.05) is 7.11 Å². The summed E-state index contributed by atoms with van der Waals surface area (Å²) in [6.45, 7) is 5.17. The molecule has 0 aliphatic carbocycles. The number of carbonyl (C=O) groups excluding carboxylic acids is 2. The molecule has 1 heterocycles. The summed E-state index contributed by atoms with van der Waals surface area (Å²) in [6, 6.07) is 40.0. The number of aromatic nitrogens is 2. The molecule has 0 aliphatic rings. The first kappa shape index (κ1) is 33.7. The molecule has 2 amide bonds. The Morgan fingerprint density at radius 3 is 1.84 bits per heavy atom. The van der Waals surface area contributed by atoms with Gasteiger partial charge in [-0.25, -0.2) is 19.3 Å². The van der Waals surface area contributed by atoms with E-state index in [-0.39, 0.29) is 17.1 Å². The summed E-state index contributed by atoms with van der Waals surface area (Å²) >= 11 is 0. The Kier molecular flexibility index (Phi) is 9.49. The van der Waals surface area contributed by atoms with E-state index in [1.165, 1.54) is 19.2 Å². The normalized spacial score (nSPS) is 11.8. The van der Waals surface area contributed by atoms with E-state index < -0.39 is 23.1 Å². The van der Waals surface area contributed by atoms with Crippen molar-refractivity contribution in [3.05, 3.63) is 167 Å². The van der Waals surface area contributed by atoms with Crippen LogP contribution in [-0.2, 0) is 10.3 Å². The van der Waals surface area contributed by atoms with Crippen LogP contribution in [0.5, 0.6) is 5.75 Å².